The van der Waals surface area contributed by atoms with E-state index in [9.17, 15) is 4.79 Å². The van der Waals surface area contributed by atoms with Gasteiger partial charge in [-0.15, -0.1) is 0 Å². The number of likely N-dealkylation sites (N-methyl/N-ethyl adjacent to an activating group) is 1. The number of aromatic nitrogens is 1. The van der Waals surface area contributed by atoms with Gasteiger partial charge in [0, 0.05) is 13.1 Å². The monoisotopic (exact) mass is 425 g/mol. The van der Waals surface area contributed by atoms with Gasteiger partial charge in [0.2, 0.25) is 0 Å². The van der Waals surface area contributed by atoms with Crippen LogP contribution in [0, 0.1) is 20.8 Å². The largest absolute Gasteiger partial charge is 0.483 e. The van der Waals surface area contributed by atoms with Gasteiger partial charge in [-0.25, -0.2) is 4.98 Å². The Bertz CT molecular complexity index is 1010. The van der Waals surface area contributed by atoms with E-state index in [1.165, 1.54) is 11.1 Å². The van der Waals surface area contributed by atoms with E-state index in [1.54, 1.807) is 16.2 Å². The highest BCUT2D eigenvalue weighted by Gasteiger charge is 2.22. The summed E-state index contributed by atoms with van der Waals surface area (Å²) in [5.74, 6) is 0.671. The summed E-state index contributed by atoms with van der Waals surface area (Å²) in [6, 6.07) is 12.0. The van der Waals surface area contributed by atoms with E-state index in [0.29, 0.717) is 6.54 Å². The zero-order valence-corrected chi connectivity index (χ0v) is 19.4. The molecule has 0 N–H and O–H groups in total. The Kier molecular flexibility index (Phi) is 7.45. The molecule has 3 aromatic rings. The summed E-state index contributed by atoms with van der Waals surface area (Å²) >= 11 is 1.58. The van der Waals surface area contributed by atoms with E-state index < -0.39 is 0 Å². The summed E-state index contributed by atoms with van der Waals surface area (Å²) in [7, 11) is 0. The number of para-hydroxylation sites is 1. The molecule has 1 heterocycles. The van der Waals surface area contributed by atoms with E-state index >= 15 is 0 Å². The Labute approximate surface area is 183 Å². The van der Waals surface area contributed by atoms with Gasteiger partial charge < -0.3 is 9.64 Å². The molecule has 0 fully saturated rings. The van der Waals surface area contributed by atoms with Crippen LogP contribution in [0.3, 0.4) is 0 Å². The molecule has 6 heteroatoms. The minimum Gasteiger partial charge on any atom is -0.483 e. The fraction of sp³-hybridized carbons (Fsp3) is 0.417. The van der Waals surface area contributed by atoms with Crippen molar-refractivity contribution in [1.82, 2.24) is 9.88 Å². The van der Waals surface area contributed by atoms with Crippen LogP contribution in [0.15, 0.2) is 36.4 Å². The summed E-state index contributed by atoms with van der Waals surface area (Å²) in [4.78, 5) is 22.1. The fourth-order valence-corrected chi connectivity index (χ4v) is 4.58. The number of anilines is 1. The first kappa shape index (κ1) is 22.2. The predicted molar refractivity (Wildman–Crippen MR) is 126 cm³/mol. The Morgan fingerprint density at radius 2 is 1.77 bits per heavy atom. The van der Waals surface area contributed by atoms with Crippen molar-refractivity contribution in [1.29, 1.82) is 0 Å². The molecule has 0 radical (unpaired) electrons. The van der Waals surface area contributed by atoms with E-state index in [0.717, 1.165) is 46.3 Å². The molecule has 1 amide bonds. The average molecular weight is 426 g/mol. The first-order valence-corrected chi connectivity index (χ1v) is 11.3. The van der Waals surface area contributed by atoms with E-state index in [2.05, 4.69) is 44.7 Å². The highest BCUT2D eigenvalue weighted by Crippen LogP contribution is 2.32. The van der Waals surface area contributed by atoms with Gasteiger partial charge >= 0.3 is 0 Å². The maximum atomic E-state index is 13.2. The third-order valence-electron chi connectivity index (χ3n) is 5.32. The SMILES string of the molecule is CCN(CC)CCN(C(=O)COc1ccccc1C)c1nc2cc(C)cc(C)c2s1. The minimum atomic E-state index is -0.0705. The van der Waals surface area contributed by atoms with Gasteiger partial charge in [-0.3, -0.25) is 9.69 Å². The van der Waals surface area contributed by atoms with Gasteiger partial charge in [0.05, 0.1) is 10.2 Å². The van der Waals surface area contributed by atoms with Crippen LogP contribution in [0.1, 0.15) is 30.5 Å². The third kappa shape index (κ3) is 5.18. The Balaban J connectivity index is 1.85. The summed E-state index contributed by atoms with van der Waals surface area (Å²) in [6.45, 7) is 13.7. The highest BCUT2D eigenvalue weighted by molar-refractivity contribution is 7.22. The zero-order valence-electron chi connectivity index (χ0n) is 18.6. The second kappa shape index (κ2) is 10.0. The van der Waals surface area contributed by atoms with E-state index in [1.807, 2.05) is 31.2 Å². The van der Waals surface area contributed by atoms with Crippen LogP contribution in [0.4, 0.5) is 5.13 Å². The van der Waals surface area contributed by atoms with Gasteiger partial charge in [-0.1, -0.05) is 49.4 Å². The zero-order chi connectivity index (χ0) is 21.7. The van der Waals surface area contributed by atoms with Crippen LogP contribution in [0.25, 0.3) is 10.2 Å². The average Bonchev–Trinajstić information content (AvgIpc) is 3.14. The molecule has 3 rings (SSSR count). The molecule has 0 aliphatic rings. The number of aryl methyl sites for hydroxylation is 3. The molecule has 30 heavy (non-hydrogen) atoms. The minimum absolute atomic E-state index is 0.00294. The van der Waals surface area contributed by atoms with Gasteiger partial charge in [-0.05, 0) is 62.7 Å². The lowest BCUT2D eigenvalue weighted by Crippen LogP contribution is -2.41. The molecule has 0 aliphatic heterocycles. The molecule has 1 aromatic heterocycles. The maximum Gasteiger partial charge on any atom is 0.266 e. The number of carbonyl (C=O) groups is 1. The molecule has 0 aliphatic carbocycles. The predicted octanol–water partition coefficient (Wildman–Crippen LogP) is 4.98. The van der Waals surface area contributed by atoms with Crippen LogP contribution in [0.5, 0.6) is 5.75 Å². The fourth-order valence-electron chi connectivity index (χ4n) is 3.52. The second-order valence-electron chi connectivity index (χ2n) is 7.55. The number of fused-ring (bicyclic) bond motifs is 1. The van der Waals surface area contributed by atoms with Crippen LogP contribution in [-0.2, 0) is 4.79 Å². The highest BCUT2D eigenvalue weighted by atomic mass is 32.1. The molecule has 0 atom stereocenters. The smallest absolute Gasteiger partial charge is 0.266 e. The van der Waals surface area contributed by atoms with Crippen LogP contribution < -0.4 is 9.64 Å². The quantitative estimate of drug-likeness (QED) is 0.485. The topological polar surface area (TPSA) is 45.7 Å². The van der Waals surface area contributed by atoms with Crippen molar-refractivity contribution in [3.63, 3.8) is 0 Å². The van der Waals surface area contributed by atoms with Crippen LogP contribution in [0.2, 0.25) is 0 Å². The maximum absolute atomic E-state index is 13.2. The Morgan fingerprint density at radius 3 is 2.47 bits per heavy atom. The molecular weight excluding hydrogens is 394 g/mol. The van der Waals surface area contributed by atoms with Crippen LogP contribution >= 0.6 is 11.3 Å². The first-order chi connectivity index (χ1) is 14.4. The molecular formula is C24H31N3O2S. The van der Waals surface area contributed by atoms with Crippen LogP contribution in [-0.4, -0.2) is 48.6 Å². The Hall–Kier alpha value is -2.44. The van der Waals surface area contributed by atoms with Crippen molar-refractivity contribution in [3.8, 4) is 5.75 Å². The lowest BCUT2D eigenvalue weighted by atomic mass is 10.1. The summed E-state index contributed by atoms with van der Waals surface area (Å²) in [5, 5.41) is 0.740. The second-order valence-corrected chi connectivity index (χ2v) is 8.53. The molecule has 2 aromatic carbocycles. The number of hydrogen-bond acceptors (Lipinski definition) is 5. The molecule has 0 saturated heterocycles. The number of rotatable bonds is 9. The normalized spacial score (nSPS) is 11.3. The van der Waals surface area contributed by atoms with Crippen molar-refractivity contribution in [3.05, 3.63) is 53.1 Å². The number of nitrogens with zero attached hydrogens (tertiary/aromatic N) is 3. The lowest BCUT2D eigenvalue weighted by Gasteiger charge is -2.24. The van der Waals surface area contributed by atoms with E-state index in [-0.39, 0.29) is 12.5 Å². The molecule has 0 saturated carbocycles. The van der Waals surface area contributed by atoms with E-state index in [4.69, 9.17) is 9.72 Å². The van der Waals surface area contributed by atoms with Gasteiger partial charge in [0.1, 0.15) is 5.75 Å². The Morgan fingerprint density at radius 1 is 1.03 bits per heavy atom. The summed E-state index contributed by atoms with van der Waals surface area (Å²) < 4.78 is 6.98. The third-order valence-corrected chi connectivity index (χ3v) is 6.55. The van der Waals surface area contributed by atoms with Crippen molar-refractivity contribution < 1.29 is 9.53 Å². The van der Waals surface area contributed by atoms with Crippen molar-refractivity contribution in [2.45, 2.75) is 34.6 Å². The number of hydrogen-bond donors (Lipinski definition) is 0. The summed E-state index contributed by atoms with van der Waals surface area (Å²) in [6.07, 6.45) is 0. The van der Waals surface area contributed by atoms with Crippen molar-refractivity contribution >= 4 is 32.6 Å². The standard InChI is InChI=1S/C24H31N3O2S/c1-6-26(7-2)12-13-27(22(28)16-29-21-11-9-8-10-18(21)4)24-25-20-15-17(3)14-19(5)23(20)30-24/h8-11,14-15H,6-7,12-13,16H2,1-5H3. The summed E-state index contributed by atoms with van der Waals surface area (Å²) in [5.41, 5.74) is 4.35. The number of carbonyl (C=O) groups excluding carboxylic acids is 1. The number of ether oxygens (including phenoxy) is 1. The van der Waals surface area contributed by atoms with Gasteiger partial charge in [0.15, 0.2) is 11.7 Å². The number of benzene rings is 2. The molecule has 5 nitrogen and oxygen atoms in total. The van der Waals surface area contributed by atoms with Gasteiger partial charge in [0.25, 0.3) is 5.91 Å². The lowest BCUT2D eigenvalue weighted by molar-refractivity contribution is -0.120. The van der Waals surface area contributed by atoms with Crippen molar-refractivity contribution in [2.75, 3.05) is 37.7 Å². The number of thiazole rings is 1. The molecule has 160 valence electrons. The number of amides is 1. The van der Waals surface area contributed by atoms with Gasteiger partial charge in [-0.2, -0.15) is 0 Å². The van der Waals surface area contributed by atoms with Crippen molar-refractivity contribution in [2.24, 2.45) is 0 Å². The molecule has 0 unspecified atom stereocenters. The first-order valence-electron chi connectivity index (χ1n) is 10.5. The molecule has 0 bridgehead atoms. The molecule has 0 spiro atoms.